The molecule has 1 amide bonds. The van der Waals surface area contributed by atoms with Crippen molar-refractivity contribution in [2.75, 3.05) is 6.61 Å². The van der Waals surface area contributed by atoms with Crippen molar-refractivity contribution in [1.29, 1.82) is 0 Å². The van der Waals surface area contributed by atoms with Gasteiger partial charge >= 0.3 is 0 Å². The van der Waals surface area contributed by atoms with Gasteiger partial charge in [0.05, 0.1) is 18.8 Å². The van der Waals surface area contributed by atoms with Gasteiger partial charge < -0.3 is 15.5 Å². The van der Waals surface area contributed by atoms with Gasteiger partial charge in [0, 0.05) is 6.42 Å². The summed E-state index contributed by atoms with van der Waals surface area (Å²) in [6.45, 7) is 4.20. The standard InChI is InChI=1S/C69H125NO3/c1-3-5-7-9-11-13-15-17-19-21-23-25-26-27-28-29-30-31-32-33-34-35-36-37-38-39-40-41-42-43-44-45-47-49-51-53-55-57-59-61-63-65-69(73)70-67(66-71)68(72)64-62-60-58-56-54-52-50-48-46-24-22-20-18-16-14-12-10-8-6-4-2/h5,7,11,13,17,19,23,25,46,48,54,56,62,64,67-68,71-72H,3-4,6,8-10,12,14-16,18,20-22,24,26-45,47,49-53,55,57-61,63,65-66H2,1-2H3,(H,70,73)/b7-5-,13-11-,19-17-,25-23-,48-46+,56-54+,64-62+. The Labute approximate surface area is 456 Å². The van der Waals surface area contributed by atoms with E-state index in [9.17, 15) is 15.0 Å². The van der Waals surface area contributed by atoms with Crippen LogP contribution in [0.4, 0.5) is 0 Å². The third-order valence-electron chi connectivity index (χ3n) is 14.6. The number of unbranched alkanes of at least 4 members (excludes halogenated alkanes) is 40. The molecule has 424 valence electrons. The van der Waals surface area contributed by atoms with E-state index in [4.69, 9.17) is 0 Å². The summed E-state index contributed by atoms with van der Waals surface area (Å²) in [5, 5.41) is 23.2. The van der Waals surface area contributed by atoms with E-state index < -0.39 is 12.1 Å². The number of hydrogen-bond acceptors (Lipinski definition) is 3. The van der Waals surface area contributed by atoms with Crippen molar-refractivity contribution in [2.24, 2.45) is 0 Å². The molecule has 0 aromatic rings. The number of nitrogens with one attached hydrogen (secondary N) is 1. The third-order valence-corrected chi connectivity index (χ3v) is 14.6. The number of carbonyl (C=O) groups is 1. The van der Waals surface area contributed by atoms with Crippen LogP contribution in [0.1, 0.15) is 328 Å². The molecule has 0 aliphatic carbocycles. The lowest BCUT2D eigenvalue weighted by atomic mass is 10.0. The quantitative estimate of drug-likeness (QED) is 0.0420. The SMILES string of the molecule is CC/C=C\C/C=C\C/C=C\C/C=C\CCCCCCCCCCCCCCCCCCCCCCCCCCCCCCC(=O)NC(CO)C(O)/C=C/CC/C=C/CC/C=C/CCCCCCCCCCCC. The maximum absolute atomic E-state index is 12.5. The van der Waals surface area contributed by atoms with E-state index >= 15 is 0 Å². The first-order valence-corrected chi connectivity index (χ1v) is 32.3. The molecule has 0 heterocycles. The van der Waals surface area contributed by atoms with Crippen LogP contribution in [-0.2, 0) is 4.79 Å². The topological polar surface area (TPSA) is 69.6 Å². The average molecular weight is 1020 g/mol. The number of amides is 1. The highest BCUT2D eigenvalue weighted by Gasteiger charge is 2.18. The molecule has 0 aliphatic rings. The largest absolute Gasteiger partial charge is 0.394 e. The number of aliphatic hydroxyl groups excluding tert-OH is 2. The molecule has 3 N–H and O–H groups in total. The Morgan fingerprint density at radius 2 is 0.616 bits per heavy atom. The summed E-state index contributed by atoms with van der Waals surface area (Å²) in [4.78, 5) is 12.5. The number of hydrogen-bond donors (Lipinski definition) is 3. The molecule has 0 fully saturated rings. The number of allylic oxidation sites excluding steroid dienone is 13. The highest BCUT2D eigenvalue weighted by molar-refractivity contribution is 5.76. The van der Waals surface area contributed by atoms with Gasteiger partial charge in [0.1, 0.15) is 0 Å². The Hall–Kier alpha value is -2.43. The zero-order valence-corrected chi connectivity index (χ0v) is 48.9. The fourth-order valence-corrected chi connectivity index (χ4v) is 9.74. The first-order valence-electron chi connectivity index (χ1n) is 32.3. The second-order valence-corrected chi connectivity index (χ2v) is 21.8. The molecule has 2 unspecified atom stereocenters. The normalized spacial score (nSPS) is 13.3. The van der Waals surface area contributed by atoms with Gasteiger partial charge in [0.25, 0.3) is 0 Å². The Kier molecular flexibility index (Phi) is 61.7. The van der Waals surface area contributed by atoms with E-state index in [-0.39, 0.29) is 12.5 Å². The van der Waals surface area contributed by atoms with Gasteiger partial charge in [-0.15, -0.1) is 0 Å². The van der Waals surface area contributed by atoms with Crippen molar-refractivity contribution < 1.29 is 15.0 Å². The zero-order valence-electron chi connectivity index (χ0n) is 48.9. The van der Waals surface area contributed by atoms with Gasteiger partial charge in [-0.2, -0.15) is 0 Å². The molecule has 0 aromatic carbocycles. The minimum atomic E-state index is -0.872. The number of rotatable bonds is 59. The monoisotopic (exact) mass is 1020 g/mol. The first-order chi connectivity index (χ1) is 36.2. The lowest BCUT2D eigenvalue weighted by Crippen LogP contribution is -2.45. The average Bonchev–Trinajstić information content (AvgIpc) is 3.40. The van der Waals surface area contributed by atoms with Crippen molar-refractivity contribution in [3.05, 3.63) is 85.1 Å². The van der Waals surface area contributed by atoms with Crippen molar-refractivity contribution in [1.82, 2.24) is 5.32 Å². The summed E-state index contributed by atoms with van der Waals surface area (Å²) < 4.78 is 0. The summed E-state index contributed by atoms with van der Waals surface area (Å²) in [5.41, 5.74) is 0. The molecule has 0 saturated heterocycles. The molecule has 0 bridgehead atoms. The van der Waals surface area contributed by atoms with E-state index in [1.165, 1.54) is 244 Å². The Morgan fingerprint density at radius 1 is 0.342 bits per heavy atom. The van der Waals surface area contributed by atoms with Crippen LogP contribution in [0, 0.1) is 0 Å². The van der Waals surface area contributed by atoms with E-state index in [2.05, 4.69) is 92.1 Å². The Morgan fingerprint density at radius 3 is 0.959 bits per heavy atom. The summed E-state index contributed by atoms with van der Waals surface area (Å²) in [7, 11) is 0. The first kappa shape index (κ1) is 70.6. The molecular weight excluding hydrogens is 891 g/mol. The third kappa shape index (κ3) is 60.3. The lowest BCUT2D eigenvalue weighted by Gasteiger charge is -2.19. The second-order valence-electron chi connectivity index (χ2n) is 21.8. The van der Waals surface area contributed by atoms with Crippen LogP contribution in [0.3, 0.4) is 0 Å². The molecule has 0 radical (unpaired) electrons. The Balaban J connectivity index is 3.44. The molecule has 4 nitrogen and oxygen atoms in total. The lowest BCUT2D eigenvalue weighted by molar-refractivity contribution is -0.123. The van der Waals surface area contributed by atoms with Gasteiger partial charge in [-0.25, -0.2) is 0 Å². The van der Waals surface area contributed by atoms with E-state index in [1.54, 1.807) is 6.08 Å². The van der Waals surface area contributed by atoms with Crippen LogP contribution in [0.2, 0.25) is 0 Å². The molecule has 0 saturated carbocycles. The van der Waals surface area contributed by atoms with Crippen molar-refractivity contribution >= 4 is 5.91 Å². The maximum Gasteiger partial charge on any atom is 0.220 e. The Bertz CT molecular complexity index is 1290. The van der Waals surface area contributed by atoms with Crippen molar-refractivity contribution in [3.8, 4) is 0 Å². The summed E-state index contributed by atoms with van der Waals surface area (Å²) in [6.07, 6.45) is 93.7. The van der Waals surface area contributed by atoms with Crippen LogP contribution >= 0.6 is 0 Å². The van der Waals surface area contributed by atoms with Gasteiger partial charge in [0.15, 0.2) is 0 Å². The molecule has 0 aromatic heterocycles. The van der Waals surface area contributed by atoms with Crippen molar-refractivity contribution in [3.63, 3.8) is 0 Å². The van der Waals surface area contributed by atoms with Gasteiger partial charge in [0.2, 0.25) is 5.91 Å². The van der Waals surface area contributed by atoms with Crippen LogP contribution in [-0.4, -0.2) is 34.9 Å². The highest BCUT2D eigenvalue weighted by Crippen LogP contribution is 2.18. The number of carbonyl (C=O) groups excluding carboxylic acids is 1. The van der Waals surface area contributed by atoms with Crippen molar-refractivity contribution in [2.45, 2.75) is 341 Å². The van der Waals surface area contributed by atoms with E-state index in [1.807, 2.05) is 6.08 Å². The minimum Gasteiger partial charge on any atom is -0.394 e. The van der Waals surface area contributed by atoms with Gasteiger partial charge in [-0.05, 0) is 83.5 Å². The fourth-order valence-electron chi connectivity index (χ4n) is 9.74. The predicted molar refractivity (Wildman–Crippen MR) is 327 cm³/mol. The molecule has 4 heteroatoms. The van der Waals surface area contributed by atoms with Crippen LogP contribution in [0.15, 0.2) is 85.1 Å². The summed E-state index contributed by atoms with van der Waals surface area (Å²) >= 11 is 0. The highest BCUT2D eigenvalue weighted by atomic mass is 16.3. The molecule has 73 heavy (non-hydrogen) atoms. The van der Waals surface area contributed by atoms with E-state index in [0.29, 0.717) is 6.42 Å². The van der Waals surface area contributed by atoms with Crippen LogP contribution < -0.4 is 5.32 Å². The maximum atomic E-state index is 12.5. The molecule has 2 atom stereocenters. The fraction of sp³-hybridized carbons (Fsp3) is 0.783. The summed E-state index contributed by atoms with van der Waals surface area (Å²) in [6, 6.07) is -0.647. The zero-order chi connectivity index (χ0) is 52.7. The van der Waals surface area contributed by atoms with Crippen LogP contribution in [0.25, 0.3) is 0 Å². The smallest absolute Gasteiger partial charge is 0.220 e. The van der Waals surface area contributed by atoms with Gasteiger partial charge in [-0.1, -0.05) is 324 Å². The molecule has 0 spiro atoms. The van der Waals surface area contributed by atoms with Gasteiger partial charge in [-0.3, -0.25) is 4.79 Å². The second kappa shape index (κ2) is 63.9. The minimum absolute atomic E-state index is 0.0736. The predicted octanol–water partition coefficient (Wildman–Crippen LogP) is 21.9. The summed E-state index contributed by atoms with van der Waals surface area (Å²) in [5.74, 6) is -0.0736. The number of aliphatic hydroxyl groups is 2. The molecular formula is C69H125NO3. The van der Waals surface area contributed by atoms with E-state index in [0.717, 1.165) is 64.2 Å². The molecule has 0 aliphatic heterocycles. The van der Waals surface area contributed by atoms with Crippen LogP contribution in [0.5, 0.6) is 0 Å². The molecule has 0 rings (SSSR count).